The van der Waals surface area contributed by atoms with Crippen LogP contribution in [0.1, 0.15) is 12.8 Å². The molecule has 0 aliphatic carbocycles. The number of anilines is 1. The van der Waals surface area contributed by atoms with Gasteiger partial charge >= 0.3 is 5.97 Å². The van der Waals surface area contributed by atoms with Crippen molar-refractivity contribution < 1.29 is 32.2 Å². The average Bonchev–Trinajstić information content (AvgIpc) is 3.14. The van der Waals surface area contributed by atoms with Crippen LogP contribution < -0.4 is 19.5 Å². The van der Waals surface area contributed by atoms with Crippen LogP contribution in [0.5, 0.6) is 11.5 Å². The lowest BCUT2D eigenvalue weighted by atomic mass is 10.2. The molecule has 3 rings (SSSR count). The summed E-state index contributed by atoms with van der Waals surface area (Å²) in [6.07, 6.45) is 0.581. The van der Waals surface area contributed by atoms with Crippen LogP contribution in [0.25, 0.3) is 0 Å². The van der Waals surface area contributed by atoms with Crippen LogP contribution in [0.4, 0.5) is 5.69 Å². The third kappa shape index (κ3) is 6.17. The zero-order valence-electron chi connectivity index (χ0n) is 15.4. The number of carbonyl (C=O) groups excluding carboxylic acids is 2. The van der Waals surface area contributed by atoms with E-state index >= 15 is 0 Å². The lowest BCUT2D eigenvalue weighted by Gasteiger charge is -2.10. The molecule has 0 bridgehead atoms. The molecule has 2 heterocycles. The van der Waals surface area contributed by atoms with Gasteiger partial charge in [-0.25, -0.2) is 13.1 Å². The van der Waals surface area contributed by atoms with Gasteiger partial charge in [0.05, 0.1) is 19.6 Å². The van der Waals surface area contributed by atoms with E-state index in [-0.39, 0.29) is 17.2 Å². The van der Waals surface area contributed by atoms with E-state index in [1.54, 1.807) is 29.6 Å². The molecule has 1 aromatic carbocycles. The Hall–Kier alpha value is -2.63. The van der Waals surface area contributed by atoms with Gasteiger partial charge < -0.3 is 19.5 Å². The standard InChI is InChI=1S/C18H20N2O7S2/c21-16(20-13-4-5-14-15(11-13)26-9-2-8-25-14)12-27-17(22)6-7-19-29(23,24)18-3-1-10-28-18/h1,3-5,10-11,19H,2,6-9,12H2,(H,20,21). The van der Waals surface area contributed by atoms with Crippen LogP contribution in [-0.4, -0.2) is 46.7 Å². The molecule has 2 N–H and O–H groups in total. The smallest absolute Gasteiger partial charge is 0.307 e. The number of ether oxygens (including phenoxy) is 3. The fourth-order valence-corrected chi connectivity index (χ4v) is 4.50. The molecular formula is C18H20N2O7S2. The third-order valence-electron chi connectivity index (χ3n) is 3.78. The van der Waals surface area contributed by atoms with Crippen molar-refractivity contribution in [3.63, 3.8) is 0 Å². The molecule has 29 heavy (non-hydrogen) atoms. The highest BCUT2D eigenvalue weighted by Crippen LogP contribution is 2.32. The summed E-state index contributed by atoms with van der Waals surface area (Å²) in [4.78, 5) is 23.7. The summed E-state index contributed by atoms with van der Waals surface area (Å²) in [5.41, 5.74) is 0.485. The molecule has 11 heteroatoms. The predicted molar refractivity (Wildman–Crippen MR) is 106 cm³/mol. The Morgan fingerprint density at radius 1 is 1.14 bits per heavy atom. The summed E-state index contributed by atoms with van der Waals surface area (Å²) in [6.45, 7) is 0.490. The number of hydrogen-bond acceptors (Lipinski definition) is 8. The number of sulfonamides is 1. The van der Waals surface area contributed by atoms with Gasteiger partial charge in [-0.1, -0.05) is 6.07 Å². The second-order valence-electron chi connectivity index (χ2n) is 6.00. The zero-order chi connectivity index (χ0) is 20.7. The van der Waals surface area contributed by atoms with Crippen LogP contribution in [0, 0.1) is 0 Å². The topological polar surface area (TPSA) is 120 Å². The van der Waals surface area contributed by atoms with Crippen molar-refractivity contribution >= 4 is 38.9 Å². The van der Waals surface area contributed by atoms with Crippen LogP contribution >= 0.6 is 11.3 Å². The molecule has 1 amide bonds. The number of fused-ring (bicyclic) bond motifs is 1. The van der Waals surface area contributed by atoms with E-state index in [0.717, 1.165) is 17.8 Å². The SMILES string of the molecule is O=C(COC(=O)CCNS(=O)(=O)c1cccs1)Nc1ccc2c(c1)OCCCO2. The molecule has 1 aliphatic rings. The number of rotatable bonds is 8. The average molecular weight is 440 g/mol. The molecule has 1 aromatic heterocycles. The van der Waals surface area contributed by atoms with E-state index in [4.69, 9.17) is 14.2 Å². The second-order valence-corrected chi connectivity index (χ2v) is 8.94. The maximum absolute atomic E-state index is 12.0. The Morgan fingerprint density at radius 2 is 1.93 bits per heavy atom. The number of benzene rings is 1. The zero-order valence-corrected chi connectivity index (χ0v) is 17.0. The summed E-state index contributed by atoms with van der Waals surface area (Å²) in [5.74, 6) is -0.0630. The van der Waals surface area contributed by atoms with Crippen LogP contribution in [0.2, 0.25) is 0 Å². The normalized spacial score (nSPS) is 13.4. The van der Waals surface area contributed by atoms with E-state index in [1.807, 2.05) is 0 Å². The first-order chi connectivity index (χ1) is 13.9. The molecule has 0 spiro atoms. The number of thiophene rings is 1. The molecule has 0 saturated heterocycles. The maximum atomic E-state index is 12.0. The maximum Gasteiger partial charge on any atom is 0.307 e. The fourth-order valence-electron chi connectivity index (χ4n) is 2.43. The summed E-state index contributed by atoms with van der Waals surface area (Å²) < 4.78 is 42.3. The molecule has 1 aliphatic heterocycles. The number of nitrogens with one attached hydrogen (secondary N) is 2. The summed E-state index contributed by atoms with van der Waals surface area (Å²) in [6, 6.07) is 8.08. The minimum atomic E-state index is -3.64. The molecule has 0 radical (unpaired) electrons. The monoisotopic (exact) mass is 440 g/mol. The molecule has 156 valence electrons. The molecule has 9 nitrogen and oxygen atoms in total. The van der Waals surface area contributed by atoms with Gasteiger partial charge in [-0.2, -0.15) is 0 Å². The Bertz CT molecular complexity index is 959. The number of carbonyl (C=O) groups is 2. The summed E-state index contributed by atoms with van der Waals surface area (Å²) >= 11 is 1.08. The van der Waals surface area contributed by atoms with Gasteiger partial charge in [0.2, 0.25) is 10.0 Å². The fraction of sp³-hybridized carbons (Fsp3) is 0.333. The Morgan fingerprint density at radius 3 is 2.69 bits per heavy atom. The van der Waals surface area contributed by atoms with E-state index in [9.17, 15) is 18.0 Å². The first kappa shape index (κ1) is 21.1. The van der Waals surface area contributed by atoms with Crippen molar-refractivity contribution in [1.82, 2.24) is 4.72 Å². The second kappa shape index (κ2) is 9.72. The molecule has 2 aromatic rings. The Kier molecular flexibility index (Phi) is 7.07. The van der Waals surface area contributed by atoms with Gasteiger partial charge in [0.1, 0.15) is 4.21 Å². The minimum Gasteiger partial charge on any atom is -0.490 e. The van der Waals surface area contributed by atoms with Gasteiger partial charge in [-0.15, -0.1) is 11.3 Å². The number of hydrogen-bond donors (Lipinski definition) is 2. The van der Waals surface area contributed by atoms with E-state index in [1.165, 1.54) is 6.07 Å². The van der Waals surface area contributed by atoms with Gasteiger partial charge in [-0.3, -0.25) is 9.59 Å². The Labute approximate surface area is 172 Å². The lowest BCUT2D eigenvalue weighted by Crippen LogP contribution is -2.27. The van der Waals surface area contributed by atoms with Crippen molar-refractivity contribution in [2.75, 3.05) is 31.7 Å². The van der Waals surface area contributed by atoms with Crippen LogP contribution in [0.3, 0.4) is 0 Å². The van der Waals surface area contributed by atoms with Crippen LogP contribution in [0.15, 0.2) is 39.9 Å². The van der Waals surface area contributed by atoms with E-state index in [2.05, 4.69) is 10.0 Å². The number of amides is 1. The Balaban J connectivity index is 1.40. The number of esters is 1. The van der Waals surface area contributed by atoms with Crippen molar-refractivity contribution in [1.29, 1.82) is 0 Å². The highest BCUT2D eigenvalue weighted by atomic mass is 32.2. The predicted octanol–water partition coefficient (Wildman–Crippen LogP) is 1.76. The first-order valence-corrected chi connectivity index (χ1v) is 11.2. The van der Waals surface area contributed by atoms with Gasteiger partial charge in [0, 0.05) is 24.7 Å². The van der Waals surface area contributed by atoms with Crippen LogP contribution in [-0.2, 0) is 24.3 Å². The first-order valence-electron chi connectivity index (χ1n) is 8.82. The quantitative estimate of drug-likeness (QED) is 0.600. The summed E-state index contributed by atoms with van der Waals surface area (Å²) in [5, 5.41) is 4.25. The summed E-state index contributed by atoms with van der Waals surface area (Å²) in [7, 11) is -3.64. The van der Waals surface area contributed by atoms with Crippen molar-refractivity contribution in [2.45, 2.75) is 17.1 Å². The third-order valence-corrected chi connectivity index (χ3v) is 6.64. The van der Waals surface area contributed by atoms with E-state index < -0.39 is 28.5 Å². The molecule has 0 unspecified atom stereocenters. The lowest BCUT2D eigenvalue weighted by molar-refractivity contribution is -0.147. The van der Waals surface area contributed by atoms with Gasteiger partial charge in [0.15, 0.2) is 18.1 Å². The van der Waals surface area contributed by atoms with E-state index in [0.29, 0.717) is 30.4 Å². The highest BCUT2D eigenvalue weighted by molar-refractivity contribution is 7.91. The minimum absolute atomic E-state index is 0.122. The van der Waals surface area contributed by atoms with Crippen molar-refractivity contribution in [3.05, 3.63) is 35.7 Å². The largest absolute Gasteiger partial charge is 0.490 e. The highest BCUT2D eigenvalue weighted by Gasteiger charge is 2.16. The van der Waals surface area contributed by atoms with Crippen molar-refractivity contribution in [3.8, 4) is 11.5 Å². The van der Waals surface area contributed by atoms with Gasteiger partial charge in [0.25, 0.3) is 5.91 Å². The molecular weight excluding hydrogens is 420 g/mol. The van der Waals surface area contributed by atoms with Crippen molar-refractivity contribution in [2.24, 2.45) is 0 Å². The molecule has 0 atom stereocenters. The van der Waals surface area contributed by atoms with Gasteiger partial charge in [-0.05, 0) is 23.6 Å². The molecule has 0 fully saturated rings. The molecule has 0 saturated carbocycles.